The molecule has 7 heteroatoms. The smallest absolute Gasteiger partial charge is 0.226 e. The van der Waals surface area contributed by atoms with Gasteiger partial charge in [-0.05, 0) is 50.1 Å². The van der Waals surface area contributed by atoms with Gasteiger partial charge < -0.3 is 15.7 Å². The molecule has 0 aliphatic rings. The van der Waals surface area contributed by atoms with Gasteiger partial charge in [-0.3, -0.25) is 4.79 Å². The molecule has 4 aromatic rings. The average Bonchev–Trinajstić information content (AvgIpc) is 3.07. The van der Waals surface area contributed by atoms with E-state index in [0.717, 1.165) is 32.7 Å². The third kappa shape index (κ3) is 4.51. The molecule has 2 aromatic carbocycles. The van der Waals surface area contributed by atoms with E-state index < -0.39 is 0 Å². The van der Waals surface area contributed by atoms with Gasteiger partial charge in [0.1, 0.15) is 22.7 Å². The molecule has 0 spiro atoms. The Balaban J connectivity index is 1.51. The molecule has 1 amide bonds. The molecule has 31 heavy (non-hydrogen) atoms. The quantitative estimate of drug-likeness (QED) is 0.354. The zero-order valence-electron chi connectivity index (χ0n) is 17.7. The van der Waals surface area contributed by atoms with Gasteiger partial charge in [-0.25, -0.2) is 9.97 Å². The molecular weight excluding hydrogens is 408 g/mol. The van der Waals surface area contributed by atoms with E-state index >= 15 is 0 Å². The van der Waals surface area contributed by atoms with Gasteiger partial charge in [0.25, 0.3) is 0 Å². The number of benzene rings is 2. The van der Waals surface area contributed by atoms with E-state index in [2.05, 4.69) is 58.7 Å². The van der Waals surface area contributed by atoms with Crippen LogP contribution in [0.15, 0.2) is 48.8 Å². The van der Waals surface area contributed by atoms with E-state index in [9.17, 15) is 9.90 Å². The zero-order valence-corrected chi connectivity index (χ0v) is 18.5. The van der Waals surface area contributed by atoms with Gasteiger partial charge in [-0.15, -0.1) is 11.3 Å². The third-order valence-electron chi connectivity index (χ3n) is 5.13. The van der Waals surface area contributed by atoms with Crippen LogP contribution in [-0.4, -0.2) is 27.5 Å². The molecule has 158 valence electrons. The largest absolute Gasteiger partial charge is 0.508 e. The van der Waals surface area contributed by atoms with Crippen LogP contribution in [0.4, 0.5) is 11.5 Å². The van der Waals surface area contributed by atoms with Crippen molar-refractivity contribution in [2.45, 2.75) is 27.2 Å². The molecule has 0 fully saturated rings. The minimum atomic E-state index is -0.105. The summed E-state index contributed by atoms with van der Waals surface area (Å²) in [5.74, 6) is 0.811. The number of hydrogen-bond donors (Lipinski definition) is 3. The van der Waals surface area contributed by atoms with E-state index in [4.69, 9.17) is 0 Å². The number of amides is 1. The number of aromatic hydroxyl groups is 1. The van der Waals surface area contributed by atoms with Crippen molar-refractivity contribution in [3.05, 3.63) is 64.8 Å². The van der Waals surface area contributed by atoms with Crippen molar-refractivity contribution >= 4 is 39.0 Å². The number of rotatable bonds is 6. The van der Waals surface area contributed by atoms with E-state index in [0.29, 0.717) is 12.2 Å². The van der Waals surface area contributed by atoms with Crippen molar-refractivity contribution in [1.29, 1.82) is 0 Å². The van der Waals surface area contributed by atoms with Crippen LogP contribution in [-0.2, 0) is 4.79 Å². The Bertz CT molecular complexity index is 1250. The first-order valence-electron chi connectivity index (χ1n) is 10.1. The Morgan fingerprint density at radius 2 is 1.84 bits per heavy atom. The maximum absolute atomic E-state index is 12.4. The highest BCUT2D eigenvalue weighted by Gasteiger charge is 2.17. The van der Waals surface area contributed by atoms with Crippen molar-refractivity contribution in [1.82, 2.24) is 9.97 Å². The number of fused-ring (bicyclic) bond motifs is 1. The second kappa shape index (κ2) is 8.73. The van der Waals surface area contributed by atoms with E-state index in [1.165, 1.54) is 10.4 Å². The zero-order chi connectivity index (χ0) is 22.0. The minimum Gasteiger partial charge on any atom is -0.508 e. The second-order valence-electron chi connectivity index (χ2n) is 7.53. The van der Waals surface area contributed by atoms with E-state index in [-0.39, 0.29) is 18.1 Å². The number of nitrogens with zero attached hydrogens (tertiary/aromatic N) is 2. The summed E-state index contributed by atoms with van der Waals surface area (Å²) < 4.78 is 0. The van der Waals surface area contributed by atoms with Crippen LogP contribution in [0.1, 0.15) is 22.4 Å². The first kappa shape index (κ1) is 20.8. The monoisotopic (exact) mass is 432 g/mol. The van der Waals surface area contributed by atoms with Crippen molar-refractivity contribution in [2.24, 2.45) is 0 Å². The van der Waals surface area contributed by atoms with Crippen molar-refractivity contribution < 1.29 is 9.90 Å². The van der Waals surface area contributed by atoms with Crippen molar-refractivity contribution in [3.63, 3.8) is 0 Å². The first-order valence-corrected chi connectivity index (χ1v) is 10.9. The fourth-order valence-corrected chi connectivity index (χ4v) is 4.55. The van der Waals surface area contributed by atoms with Crippen LogP contribution < -0.4 is 10.6 Å². The van der Waals surface area contributed by atoms with Crippen LogP contribution in [0, 0.1) is 20.8 Å². The van der Waals surface area contributed by atoms with Gasteiger partial charge in [-0.2, -0.15) is 0 Å². The number of carbonyl (C=O) groups is 1. The van der Waals surface area contributed by atoms with Crippen LogP contribution in [0.3, 0.4) is 0 Å². The summed E-state index contributed by atoms with van der Waals surface area (Å²) in [5.41, 5.74) is 4.99. The Labute approximate surface area is 185 Å². The average molecular weight is 433 g/mol. The van der Waals surface area contributed by atoms with Crippen LogP contribution in [0.25, 0.3) is 21.3 Å². The van der Waals surface area contributed by atoms with E-state index in [1.807, 2.05) is 6.92 Å². The highest BCUT2D eigenvalue weighted by molar-refractivity contribution is 7.19. The fraction of sp³-hybridized carbons (Fsp3) is 0.208. The van der Waals surface area contributed by atoms with Gasteiger partial charge in [0.05, 0.1) is 5.39 Å². The number of carbonyl (C=O) groups excluding carboxylic acids is 1. The molecule has 6 nitrogen and oxygen atoms in total. The van der Waals surface area contributed by atoms with Gasteiger partial charge in [-0.1, -0.05) is 29.8 Å². The van der Waals surface area contributed by atoms with Gasteiger partial charge >= 0.3 is 0 Å². The molecule has 2 heterocycles. The highest BCUT2D eigenvalue weighted by atomic mass is 32.1. The molecular formula is C24H24N4O2S. The lowest BCUT2D eigenvalue weighted by Gasteiger charge is -2.11. The van der Waals surface area contributed by atoms with Gasteiger partial charge in [0, 0.05) is 29.1 Å². The molecule has 0 aliphatic carbocycles. The summed E-state index contributed by atoms with van der Waals surface area (Å²) >= 11 is 1.65. The predicted octanol–water partition coefficient (Wildman–Crippen LogP) is 5.43. The first-order chi connectivity index (χ1) is 14.9. The van der Waals surface area contributed by atoms with E-state index in [1.54, 1.807) is 35.9 Å². The Kier molecular flexibility index (Phi) is 5.86. The molecule has 4 rings (SSSR count). The Morgan fingerprint density at radius 3 is 2.58 bits per heavy atom. The maximum atomic E-state index is 12.4. The third-order valence-corrected chi connectivity index (χ3v) is 6.15. The summed E-state index contributed by atoms with van der Waals surface area (Å²) in [6.45, 7) is 6.45. The second-order valence-corrected chi connectivity index (χ2v) is 8.73. The van der Waals surface area contributed by atoms with Crippen LogP contribution in [0.5, 0.6) is 5.75 Å². The lowest BCUT2D eigenvalue weighted by molar-refractivity contribution is -0.115. The minimum absolute atomic E-state index is 0.105. The molecule has 0 unspecified atom stereocenters. The lowest BCUT2D eigenvalue weighted by atomic mass is 10.0. The summed E-state index contributed by atoms with van der Waals surface area (Å²) in [6.07, 6.45) is 1.84. The summed E-state index contributed by atoms with van der Waals surface area (Å²) in [4.78, 5) is 23.4. The number of nitrogens with one attached hydrogen (secondary N) is 2. The normalized spacial score (nSPS) is 10.9. The lowest BCUT2D eigenvalue weighted by Crippen LogP contribution is -2.17. The van der Waals surface area contributed by atoms with Crippen molar-refractivity contribution in [2.75, 3.05) is 17.2 Å². The number of phenols is 1. The molecule has 0 saturated heterocycles. The SMILES string of the molecule is Cc1ccc(-c2c(C)sc3ncnc(NCCC(=O)Nc4ccc(O)cc4C)c23)cc1. The summed E-state index contributed by atoms with van der Waals surface area (Å²) in [5, 5.41) is 16.7. The molecule has 0 radical (unpaired) electrons. The summed E-state index contributed by atoms with van der Waals surface area (Å²) in [7, 11) is 0. The fourth-order valence-electron chi connectivity index (χ4n) is 3.54. The topological polar surface area (TPSA) is 87.1 Å². The van der Waals surface area contributed by atoms with Gasteiger partial charge in [0.15, 0.2) is 0 Å². The number of anilines is 2. The summed E-state index contributed by atoms with van der Waals surface area (Å²) in [6, 6.07) is 13.3. The molecule has 0 aliphatic heterocycles. The van der Waals surface area contributed by atoms with Crippen molar-refractivity contribution in [3.8, 4) is 16.9 Å². The highest BCUT2D eigenvalue weighted by Crippen LogP contribution is 2.40. The predicted molar refractivity (Wildman–Crippen MR) is 127 cm³/mol. The van der Waals surface area contributed by atoms with Gasteiger partial charge in [0.2, 0.25) is 5.91 Å². The maximum Gasteiger partial charge on any atom is 0.226 e. The number of aryl methyl sites for hydroxylation is 3. The van der Waals surface area contributed by atoms with Crippen LogP contribution in [0.2, 0.25) is 0 Å². The molecule has 0 saturated carbocycles. The molecule has 0 atom stereocenters. The molecule has 0 bridgehead atoms. The number of thiophene rings is 1. The Hall–Kier alpha value is -3.45. The molecule has 3 N–H and O–H groups in total. The van der Waals surface area contributed by atoms with Crippen LogP contribution >= 0.6 is 11.3 Å². The standard InChI is InChI=1S/C24H24N4O2S/c1-14-4-6-17(7-5-14)21-16(3)31-24-22(21)23(26-13-27-24)25-11-10-20(30)28-19-9-8-18(29)12-15(19)2/h4-9,12-13,29H,10-11H2,1-3H3,(H,28,30)(H,25,26,27). The Morgan fingerprint density at radius 1 is 1.06 bits per heavy atom. The molecule has 2 aromatic heterocycles. The number of phenolic OH excluding ortho intramolecular Hbond substituents is 1. The number of aromatic nitrogens is 2. The number of hydrogen-bond acceptors (Lipinski definition) is 6.